The van der Waals surface area contributed by atoms with Gasteiger partial charge < -0.3 is 5.73 Å². The molecule has 0 saturated carbocycles. The molecule has 4 nitrogen and oxygen atoms in total. The molecule has 0 fully saturated rings. The second-order valence-electron chi connectivity index (χ2n) is 4.07. The van der Waals surface area contributed by atoms with Gasteiger partial charge >= 0.3 is 0 Å². The standard InChI is InChI=1S/C12H13ClN4S/c1-7(2)8-3-5-9(6-4-8)18-12-16-10(13)15-11(14)17-12/h3-7H,1-2H3,(H2,14,15,16,17). The number of benzene rings is 1. The Morgan fingerprint density at radius 2 is 1.78 bits per heavy atom. The Morgan fingerprint density at radius 1 is 1.11 bits per heavy atom. The molecule has 1 aromatic carbocycles. The van der Waals surface area contributed by atoms with Crippen LogP contribution >= 0.6 is 23.4 Å². The summed E-state index contributed by atoms with van der Waals surface area (Å²) in [5.74, 6) is 0.655. The van der Waals surface area contributed by atoms with Crippen LogP contribution in [0.15, 0.2) is 34.3 Å². The molecule has 0 amide bonds. The fraction of sp³-hybridized carbons (Fsp3) is 0.250. The number of halogens is 1. The van der Waals surface area contributed by atoms with Crippen LogP contribution in [-0.4, -0.2) is 15.0 Å². The number of hydrogen-bond donors (Lipinski definition) is 1. The lowest BCUT2D eigenvalue weighted by atomic mass is 10.0. The van der Waals surface area contributed by atoms with E-state index in [1.165, 1.54) is 17.3 Å². The van der Waals surface area contributed by atoms with E-state index in [4.69, 9.17) is 17.3 Å². The van der Waals surface area contributed by atoms with E-state index in [1.54, 1.807) is 0 Å². The molecular formula is C12H13ClN4S. The van der Waals surface area contributed by atoms with E-state index in [0.717, 1.165) is 4.90 Å². The Hall–Kier alpha value is -1.33. The minimum Gasteiger partial charge on any atom is -0.368 e. The van der Waals surface area contributed by atoms with Crippen LogP contribution in [0.25, 0.3) is 0 Å². The van der Waals surface area contributed by atoms with Crippen molar-refractivity contribution >= 4 is 29.3 Å². The molecule has 0 aliphatic heterocycles. The van der Waals surface area contributed by atoms with Gasteiger partial charge in [0.2, 0.25) is 11.2 Å². The molecule has 6 heteroatoms. The lowest BCUT2D eigenvalue weighted by molar-refractivity contribution is 0.864. The molecule has 0 atom stereocenters. The quantitative estimate of drug-likeness (QED) is 0.934. The topological polar surface area (TPSA) is 64.7 Å². The number of aromatic nitrogens is 3. The maximum atomic E-state index is 5.73. The molecule has 0 spiro atoms. The number of nitrogen functional groups attached to an aromatic ring is 1. The summed E-state index contributed by atoms with van der Waals surface area (Å²) in [7, 11) is 0. The third-order valence-corrected chi connectivity index (χ3v) is 3.40. The highest BCUT2D eigenvalue weighted by Gasteiger charge is 2.05. The van der Waals surface area contributed by atoms with Crippen molar-refractivity contribution in [3.8, 4) is 0 Å². The van der Waals surface area contributed by atoms with Crippen molar-refractivity contribution in [2.75, 3.05) is 5.73 Å². The Morgan fingerprint density at radius 3 is 2.33 bits per heavy atom. The normalized spacial score (nSPS) is 10.9. The lowest BCUT2D eigenvalue weighted by Crippen LogP contribution is -1.98. The summed E-state index contributed by atoms with van der Waals surface area (Å²) in [6, 6.07) is 8.26. The third kappa shape index (κ3) is 3.34. The zero-order chi connectivity index (χ0) is 13.1. The first kappa shape index (κ1) is 13.1. The molecule has 0 bridgehead atoms. The highest BCUT2D eigenvalue weighted by molar-refractivity contribution is 7.99. The molecule has 1 heterocycles. The summed E-state index contributed by atoms with van der Waals surface area (Å²) in [4.78, 5) is 12.8. The molecule has 0 radical (unpaired) electrons. The van der Waals surface area contributed by atoms with Crippen molar-refractivity contribution in [2.45, 2.75) is 29.8 Å². The van der Waals surface area contributed by atoms with E-state index < -0.39 is 0 Å². The number of hydrogen-bond acceptors (Lipinski definition) is 5. The van der Waals surface area contributed by atoms with Crippen molar-refractivity contribution in [1.29, 1.82) is 0 Å². The molecule has 2 aromatic rings. The number of rotatable bonds is 3. The summed E-state index contributed by atoms with van der Waals surface area (Å²) in [5.41, 5.74) is 6.82. The molecule has 0 aliphatic rings. The van der Waals surface area contributed by atoms with Gasteiger partial charge in [0.15, 0.2) is 5.16 Å². The van der Waals surface area contributed by atoms with Gasteiger partial charge in [-0.15, -0.1) is 0 Å². The van der Waals surface area contributed by atoms with Gasteiger partial charge in [-0.2, -0.15) is 15.0 Å². The third-order valence-electron chi connectivity index (χ3n) is 2.36. The van der Waals surface area contributed by atoms with E-state index in [-0.39, 0.29) is 11.2 Å². The molecule has 0 unspecified atom stereocenters. The van der Waals surface area contributed by atoms with Crippen LogP contribution in [0.5, 0.6) is 0 Å². The van der Waals surface area contributed by atoms with Crippen molar-refractivity contribution in [1.82, 2.24) is 15.0 Å². The minimum atomic E-state index is 0.115. The monoisotopic (exact) mass is 280 g/mol. The van der Waals surface area contributed by atoms with Crippen LogP contribution < -0.4 is 5.73 Å². The van der Waals surface area contributed by atoms with Crippen LogP contribution in [0.1, 0.15) is 25.3 Å². The highest BCUT2D eigenvalue weighted by atomic mass is 35.5. The average Bonchev–Trinajstić information content (AvgIpc) is 2.28. The summed E-state index contributed by atoms with van der Waals surface area (Å²) < 4.78 is 0. The Labute approximate surface area is 115 Å². The zero-order valence-electron chi connectivity index (χ0n) is 10.1. The SMILES string of the molecule is CC(C)c1ccc(Sc2nc(N)nc(Cl)n2)cc1. The fourth-order valence-corrected chi connectivity index (χ4v) is 2.39. The van der Waals surface area contributed by atoms with E-state index in [9.17, 15) is 0 Å². The predicted octanol–water partition coefficient (Wildman–Crippen LogP) is 3.38. The first-order valence-corrected chi connectivity index (χ1v) is 6.69. The van der Waals surface area contributed by atoms with Crippen molar-refractivity contribution in [3.05, 3.63) is 35.1 Å². The summed E-state index contributed by atoms with van der Waals surface area (Å²) >= 11 is 7.14. The maximum Gasteiger partial charge on any atom is 0.228 e. The molecule has 94 valence electrons. The summed E-state index contributed by atoms with van der Waals surface area (Å²) in [5, 5.41) is 0.619. The summed E-state index contributed by atoms with van der Waals surface area (Å²) in [6.07, 6.45) is 0. The van der Waals surface area contributed by atoms with Gasteiger partial charge in [-0.25, -0.2) is 0 Å². The lowest BCUT2D eigenvalue weighted by Gasteiger charge is -2.06. The molecule has 18 heavy (non-hydrogen) atoms. The van der Waals surface area contributed by atoms with E-state index in [1.807, 2.05) is 12.1 Å². The van der Waals surface area contributed by atoms with Crippen LogP contribution in [0, 0.1) is 0 Å². The van der Waals surface area contributed by atoms with Gasteiger partial charge in [-0.3, -0.25) is 0 Å². The van der Waals surface area contributed by atoms with Crippen LogP contribution in [0.2, 0.25) is 5.28 Å². The van der Waals surface area contributed by atoms with Gasteiger partial charge in [0.05, 0.1) is 0 Å². The first-order valence-electron chi connectivity index (χ1n) is 5.49. The number of nitrogens with two attached hydrogens (primary N) is 1. The second kappa shape index (κ2) is 5.54. The minimum absolute atomic E-state index is 0.115. The zero-order valence-corrected chi connectivity index (χ0v) is 11.7. The smallest absolute Gasteiger partial charge is 0.228 e. The van der Waals surface area contributed by atoms with Crippen molar-refractivity contribution in [2.24, 2.45) is 0 Å². The molecule has 2 rings (SSSR count). The van der Waals surface area contributed by atoms with E-state index in [0.29, 0.717) is 11.1 Å². The van der Waals surface area contributed by atoms with Gasteiger partial charge in [-0.1, -0.05) is 26.0 Å². The Kier molecular flexibility index (Phi) is 4.04. The molecular weight excluding hydrogens is 268 g/mol. The Bertz CT molecular complexity index is 522. The van der Waals surface area contributed by atoms with Gasteiger partial charge in [0, 0.05) is 4.90 Å². The maximum absolute atomic E-state index is 5.73. The summed E-state index contributed by atoms with van der Waals surface area (Å²) in [6.45, 7) is 4.32. The molecule has 0 saturated heterocycles. The molecule has 0 aliphatic carbocycles. The van der Waals surface area contributed by atoms with Crippen LogP contribution in [-0.2, 0) is 0 Å². The molecule has 1 aromatic heterocycles. The van der Waals surface area contributed by atoms with Crippen LogP contribution in [0.3, 0.4) is 0 Å². The first-order chi connectivity index (χ1) is 8.54. The highest BCUT2D eigenvalue weighted by Crippen LogP contribution is 2.27. The largest absolute Gasteiger partial charge is 0.368 e. The van der Waals surface area contributed by atoms with E-state index in [2.05, 4.69) is 40.9 Å². The number of nitrogens with zero attached hydrogens (tertiary/aromatic N) is 3. The van der Waals surface area contributed by atoms with Gasteiger partial charge in [-0.05, 0) is 47.0 Å². The Balaban J connectivity index is 2.18. The molecule has 2 N–H and O–H groups in total. The van der Waals surface area contributed by atoms with Crippen LogP contribution in [0.4, 0.5) is 5.95 Å². The van der Waals surface area contributed by atoms with Crippen molar-refractivity contribution < 1.29 is 0 Å². The van der Waals surface area contributed by atoms with Gasteiger partial charge in [0.25, 0.3) is 0 Å². The average molecular weight is 281 g/mol. The van der Waals surface area contributed by atoms with Crippen molar-refractivity contribution in [3.63, 3.8) is 0 Å². The second-order valence-corrected chi connectivity index (χ2v) is 5.45. The van der Waals surface area contributed by atoms with E-state index >= 15 is 0 Å². The number of anilines is 1. The predicted molar refractivity (Wildman–Crippen MR) is 73.9 cm³/mol. The van der Waals surface area contributed by atoms with Gasteiger partial charge in [0.1, 0.15) is 0 Å². The fourth-order valence-electron chi connectivity index (χ4n) is 1.42.